The third-order valence-corrected chi connectivity index (χ3v) is 4.44. The van der Waals surface area contributed by atoms with Crippen LogP contribution in [0.2, 0.25) is 0 Å². The number of carbonyl (C=O) groups excluding carboxylic acids is 3. The van der Waals surface area contributed by atoms with E-state index in [0.29, 0.717) is 23.7 Å². The molecule has 3 rings (SSSR count). The largest absolute Gasteiger partial charge is 0.484 e. The standard InChI is InChI=1S/C24H25N3O5/c1-16(2)23(29)26-18-10-8-17(9-11-18)14-25-22(28)15-32-20-6-3-5-19(13-20)27-24(30)21-7-4-12-31-21/h3-13,16H,14-15H2,1-2H3,(H,25,28)(H,26,29)(H,27,30). The summed E-state index contributed by atoms with van der Waals surface area (Å²) in [4.78, 5) is 35.9. The van der Waals surface area contributed by atoms with Gasteiger partial charge in [-0.25, -0.2) is 0 Å². The van der Waals surface area contributed by atoms with Crippen LogP contribution in [0.3, 0.4) is 0 Å². The Kier molecular flexibility index (Phi) is 7.64. The molecule has 0 aliphatic carbocycles. The van der Waals surface area contributed by atoms with E-state index >= 15 is 0 Å². The van der Waals surface area contributed by atoms with Crippen molar-refractivity contribution in [1.82, 2.24) is 5.32 Å². The van der Waals surface area contributed by atoms with Crippen LogP contribution in [0.1, 0.15) is 30.0 Å². The van der Waals surface area contributed by atoms with Crippen LogP contribution >= 0.6 is 0 Å². The zero-order valence-corrected chi connectivity index (χ0v) is 17.9. The van der Waals surface area contributed by atoms with Crippen molar-refractivity contribution >= 4 is 29.1 Å². The van der Waals surface area contributed by atoms with E-state index in [1.807, 2.05) is 26.0 Å². The quantitative estimate of drug-likeness (QED) is 0.473. The van der Waals surface area contributed by atoms with Crippen LogP contribution in [-0.2, 0) is 16.1 Å². The van der Waals surface area contributed by atoms with E-state index < -0.39 is 0 Å². The van der Waals surface area contributed by atoms with Gasteiger partial charge in [-0.15, -0.1) is 0 Å². The Morgan fingerprint density at radius 1 is 0.938 bits per heavy atom. The molecular weight excluding hydrogens is 410 g/mol. The second-order valence-electron chi connectivity index (χ2n) is 7.37. The van der Waals surface area contributed by atoms with E-state index in [4.69, 9.17) is 9.15 Å². The van der Waals surface area contributed by atoms with Crippen molar-refractivity contribution in [2.24, 2.45) is 5.92 Å². The summed E-state index contributed by atoms with van der Waals surface area (Å²) in [6, 6.07) is 17.2. The van der Waals surface area contributed by atoms with Gasteiger partial charge in [0.1, 0.15) is 5.75 Å². The molecule has 1 heterocycles. The average Bonchev–Trinajstić information content (AvgIpc) is 3.32. The second kappa shape index (κ2) is 10.8. The van der Waals surface area contributed by atoms with Gasteiger partial charge in [-0.3, -0.25) is 14.4 Å². The molecule has 0 saturated carbocycles. The number of rotatable bonds is 9. The Bertz CT molecular complexity index is 1060. The summed E-state index contributed by atoms with van der Waals surface area (Å²) in [6.07, 6.45) is 1.42. The molecule has 0 saturated heterocycles. The lowest BCUT2D eigenvalue weighted by atomic mass is 10.1. The number of hydrogen-bond donors (Lipinski definition) is 3. The summed E-state index contributed by atoms with van der Waals surface area (Å²) in [5.74, 6) is -0.157. The van der Waals surface area contributed by atoms with Gasteiger partial charge in [0, 0.05) is 29.9 Å². The van der Waals surface area contributed by atoms with Crippen LogP contribution < -0.4 is 20.7 Å². The molecule has 0 fully saturated rings. The van der Waals surface area contributed by atoms with Gasteiger partial charge in [-0.05, 0) is 42.0 Å². The first-order valence-corrected chi connectivity index (χ1v) is 10.1. The molecule has 0 aliphatic rings. The highest BCUT2D eigenvalue weighted by Crippen LogP contribution is 2.18. The Labute approximate surface area is 186 Å². The molecule has 0 radical (unpaired) electrons. The lowest BCUT2D eigenvalue weighted by molar-refractivity contribution is -0.123. The van der Waals surface area contributed by atoms with Gasteiger partial charge in [0.25, 0.3) is 11.8 Å². The summed E-state index contributed by atoms with van der Waals surface area (Å²) >= 11 is 0. The maximum Gasteiger partial charge on any atom is 0.291 e. The van der Waals surface area contributed by atoms with Crippen molar-refractivity contribution in [3.05, 3.63) is 78.3 Å². The molecular formula is C24H25N3O5. The molecule has 0 atom stereocenters. The zero-order chi connectivity index (χ0) is 22.9. The zero-order valence-electron chi connectivity index (χ0n) is 17.9. The molecule has 3 aromatic rings. The molecule has 3 amide bonds. The molecule has 3 N–H and O–H groups in total. The molecule has 8 heteroatoms. The summed E-state index contributed by atoms with van der Waals surface area (Å²) in [7, 11) is 0. The normalized spacial score (nSPS) is 10.5. The predicted octanol–water partition coefficient (Wildman–Crippen LogP) is 3.82. The van der Waals surface area contributed by atoms with Crippen LogP contribution in [0.25, 0.3) is 0 Å². The monoisotopic (exact) mass is 435 g/mol. The summed E-state index contributed by atoms with van der Waals surface area (Å²) in [5, 5.41) is 8.30. The Balaban J connectivity index is 1.44. The number of carbonyl (C=O) groups is 3. The first kappa shape index (κ1) is 22.6. The Hall–Kier alpha value is -4.07. The van der Waals surface area contributed by atoms with Crippen molar-refractivity contribution in [2.45, 2.75) is 20.4 Å². The molecule has 0 bridgehead atoms. The SMILES string of the molecule is CC(C)C(=O)Nc1ccc(CNC(=O)COc2cccc(NC(=O)c3ccco3)c2)cc1. The Morgan fingerprint density at radius 2 is 1.72 bits per heavy atom. The van der Waals surface area contributed by atoms with Gasteiger partial charge >= 0.3 is 0 Å². The van der Waals surface area contributed by atoms with Crippen LogP contribution in [0.15, 0.2) is 71.3 Å². The van der Waals surface area contributed by atoms with E-state index in [-0.39, 0.29) is 36.0 Å². The van der Waals surface area contributed by atoms with E-state index in [0.717, 1.165) is 5.56 Å². The average molecular weight is 435 g/mol. The first-order chi connectivity index (χ1) is 15.4. The highest BCUT2D eigenvalue weighted by molar-refractivity contribution is 6.02. The van der Waals surface area contributed by atoms with Crippen LogP contribution in [0, 0.1) is 5.92 Å². The summed E-state index contributed by atoms with van der Waals surface area (Å²) in [5.41, 5.74) is 2.12. The molecule has 166 valence electrons. The minimum absolute atomic E-state index is 0.0483. The van der Waals surface area contributed by atoms with Crippen LogP contribution in [0.5, 0.6) is 5.75 Å². The topological polar surface area (TPSA) is 110 Å². The van der Waals surface area contributed by atoms with Crippen molar-refractivity contribution in [2.75, 3.05) is 17.2 Å². The fraction of sp³-hybridized carbons (Fsp3) is 0.208. The highest BCUT2D eigenvalue weighted by Gasteiger charge is 2.10. The van der Waals surface area contributed by atoms with Gasteiger partial charge in [-0.1, -0.05) is 32.0 Å². The minimum Gasteiger partial charge on any atom is -0.484 e. The molecule has 0 spiro atoms. The van der Waals surface area contributed by atoms with Crippen LogP contribution in [-0.4, -0.2) is 24.3 Å². The number of nitrogens with one attached hydrogen (secondary N) is 3. The van der Waals surface area contributed by atoms with E-state index in [2.05, 4.69) is 16.0 Å². The number of anilines is 2. The first-order valence-electron chi connectivity index (χ1n) is 10.1. The Morgan fingerprint density at radius 3 is 2.41 bits per heavy atom. The van der Waals surface area contributed by atoms with Crippen molar-refractivity contribution < 1.29 is 23.5 Å². The third-order valence-electron chi connectivity index (χ3n) is 4.44. The van der Waals surface area contributed by atoms with Crippen molar-refractivity contribution in [3.8, 4) is 5.75 Å². The number of amides is 3. The van der Waals surface area contributed by atoms with E-state index in [1.54, 1.807) is 48.5 Å². The fourth-order valence-corrected chi connectivity index (χ4v) is 2.66. The maximum absolute atomic E-state index is 12.1. The molecule has 2 aromatic carbocycles. The molecule has 0 unspecified atom stereocenters. The van der Waals surface area contributed by atoms with Crippen molar-refractivity contribution in [3.63, 3.8) is 0 Å². The highest BCUT2D eigenvalue weighted by atomic mass is 16.5. The lowest BCUT2D eigenvalue weighted by Gasteiger charge is -2.10. The predicted molar refractivity (Wildman–Crippen MR) is 120 cm³/mol. The van der Waals surface area contributed by atoms with Crippen molar-refractivity contribution in [1.29, 1.82) is 0 Å². The second-order valence-corrected chi connectivity index (χ2v) is 7.37. The maximum atomic E-state index is 12.1. The van der Waals surface area contributed by atoms with Gasteiger partial charge in [0.2, 0.25) is 5.91 Å². The summed E-state index contributed by atoms with van der Waals surface area (Å²) < 4.78 is 10.6. The van der Waals surface area contributed by atoms with Gasteiger partial charge in [-0.2, -0.15) is 0 Å². The smallest absolute Gasteiger partial charge is 0.291 e. The number of benzene rings is 2. The molecule has 8 nitrogen and oxygen atoms in total. The number of furan rings is 1. The number of hydrogen-bond acceptors (Lipinski definition) is 5. The molecule has 0 aliphatic heterocycles. The van der Waals surface area contributed by atoms with Gasteiger partial charge < -0.3 is 25.1 Å². The van der Waals surface area contributed by atoms with E-state index in [1.165, 1.54) is 6.26 Å². The summed E-state index contributed by atoms with van der Waals surface area (Å²) in [6.45, 7) is 3.82. The van der Waals surface area contributed by atoms with Gasteiger partial charge in [0.15, 0.2) is 12.4 Å². The third kappa shape index (κ3) is 6.73. The molecule has 32 heavy (non-hydrogen) atoms. The van der Waals surface area contributed by atoms with E-state index in [9.17, 15) is 14.4 Å². The van der Waals surface area contributed by atoms with Gasteiger partial charge in [0.05, 0.1) is 6.26 Å². The minimum atomic E-state index is -0.375. The fourth-order valence-electron chi connectivity index (χ4n) is 2.66. The number of ether oxygens (including phenoxy) is 1. The van der Waals surface area contributed by atoms with Crippen LogP contribution in [0.4, 0.5) is 11.4 Å². The molecule has 1 aromatic heterocycles. The lowest BCUT2D eigenvalue weighted by Crippen LogP contribution is -2.28.